The molecule has 49 valence electrons. The first-order valence-corrected chi connectivity index (χ1v) is 4.76. The van der Waals surface area contributed by atoms with Gasteiger partial charge < -0.3 is 0 Å². The van der Waals surface area contributed by atoms with Crippen molar-refractivity contribution in [3.63, 3.8) is 0 Å². The third-order valence-corrected chi connectivity index (χ3v) is 2.58. The topological polar surface area (TPSA) is 9.23 Å². The molecule has 1 aliphatic heterocycles. The number of ether oxygens (including phenoxy) is 1. The molecule has 0 fully saturated rings. The predicted molar refractivity (Wildman–Crippen MR) is 41.0 cm³/mol. The molecule has 2 heteroatoms. The van der Waals surface area contributed by atoms with Gasteiger partial charge in [-0.25, -0.2) is 0 Å². The molecule has 2 rings (SSSR count). The Hall–Kier alpha value is -0.181. The van der Waals surface area contributed by atoms with Crippen LogP contribution < -0.4 is 8.32 Å². The van der Waals surface area contributed by atoms with Crippen LogP contribution in [0.1, 0.15) is 5.56 Å². The van der Waals surface area contributed by atoms with Crippen LogP contribution in [0.3, 0.4) is 0 Å². The van der Waals surface area contributed by atoms with Crippen molar-refractivity contribution in [2.75, 3.05) is 6.61 Å². The Morgan fingerprint density at radius 3 is 3.20 bits per heavy atom. The van der Waals surface area contributed by atoms with Crippen molar-refractivity contribution in [2.24, 2.45) is 0 Å². The van der Waals surface area contributed by atoms with E-state index < -0.39 is 0 Å². The standard InChI is InChI=1S/C8H7O.Sn/c1-2-4-8-7(3-1)5-6-9-8;/h2-4H,5-6H2;. The van der Waals surface area contributed by atoms with Crippen LogP contribution in [0.15, 0.2) is 18.2 Å². The zero-order valence-electron chi connectivity index (χ0n) is 5.55. The molecule has 1 aromatic rings. The van der Waals surface area contributed by atoms with Crippen LogP contribution >= 0.6 is 0 Å². The van der Waals surface area contributed by atoms with E-state index in [1.165, 1.54) is 31.7 Å². The van der Waals surface area contributed by atoms with Gasteiger partial charge in [-0.15, -0.1) is 0 Å². The summed E-state index contributed by atoms with van der Waals surface area (Å²) in [6, 6.07) is 6.44. The summed E-state index contributed by atoms with van der Waals surface area (Å²) in [5.41, 5.74) is 1.38. The summed E-state index contributed by atoms with van der Waals surface area (Å²) in [7, 11) is 0. The van der Waals surface area contributed by atoms with E-state index in [4.69, 9.17) is 4.74 Å². The molecule has 0 bridgehead atoms. The molecule has 0 unspecified atom stereocenters. The quantitative estimate of drug-likeness (QED) is 0.595. The molecule has 10 heavy (non-hydrogen) atoms. The average molecular weight is 238 g/mol. The van der Waals surface area contributed by atoms with Crippen LogP contribution in [0.2, 0.25) is 0 Å². The molecule has 0 saturated heterocycles. The minimum atomic E-state index is 0.870. The van der Waals surface area contributed by atoms with E-state index >= 15 is 0 Å². The van der Waals surface area contributed by atoms with Gasteiger partial charge >= 0.3 is 73.4 Å². The van der Waals surface area contributed by atoms with Gasteiger partial charge in [-0.2, -0.15) is 0 Å². The molecule has 1 aromatic carbocycles. The molecule has 0 atom stereocenters. The zero-order valence-corrected chi connectivity index (χ0v) is 8.41. The monoisotopic (exact) mass is 239 g/mol. The van der Waals surface area contributed by atoms with Crippen molar-refractivity contribution in [3.8, 4) is 5.75 Å². The maximum absolute atomic E-state index is 5.36. The van der Waals surface area contributed by atoms with E-state index in [-0.39, 0.29) is 0 Å². The number of benzene rings is 1. The van der Waals surface area contributed by atoms with Gasteiger partial charge in [0, 0.05) is 0 Å². The van der Waals surface area contributed by atoms with Crippen LogP contribution in [0.4, 0.5) is 0 Å². The van der Waals surface area contributed by atoms with Crippen molar-refractivity contribution >= 4 is 26.1 Å². The van der Waals surface area contributed by atoms with Gasteiger partial charge in [-0.05, 0) is 0 Å². The maximum atomic E-state index is 5.36. The third-order valence-electron chi connectivity index (χ3n) is 1.69. The fourth-order valence-corrected chi connectivity index (χ4v) is 1.92. The van der Waals surface area contributed by atoms with E-state index in [0.29, 0.717) is 0 Å². The summed E-state index contributed by atoms with van der Waals surface area (Å²) in [5, 5.41) is 0. The first kappa shape index (κ1) is 6.52. The Bertz CT molecular complexity index is 257. The molecule has 0 amide bonds. The van der Waals surface area contributed by atoms with Gasteiger partial charge in [0.2, 0.25) is 0 Å². The van der Waals surface area contributed by atoms with Crippen LogP contribution in [-0.4, -0.2) is 29.1 Å². The van der Waals surface area contributed by atoms with Crippen LogP contribution in [0, 0.1) is 0 Å². The normalized spacial score (nSPS) is 14.5. The molecule has 1 heterocycles. The van der Waals surface area contributed by atoms with Crippen LogP contribution in [0.25, 0.3) is 0 Å². The third kappa shape index (κ3) is 1.03. The summed E-state index contributed by atoms with van der Waals surface area (Å²) in [6.45, 7) is 0.870. The summed E-state index contributed by atoms with van der Waals surface area (Å²) < 4.78 is 6.78. The van der Waals surface area contributed by atoms with Gasteiger partial charge in [0.15, 0.2) is 0 Å². The second-order valence-electron chi connectivity index (χ2n) is 2.42. The summed E-state index contributed by atoms with van der Waals surface area (Å²) in [6.07, 6.45) is 1.09. The van der Waals surface area contributed by atoms with Gasteiger partial charge in [-0.1, -0.05) is 0 Å². The first-order chi connectivity index (χ1) is 4.86. The Morgan fingerprint density at radius 1 is 1.40 bits per heavy atom. The Kier molecular flexibility index (Phi) is 1.60. The number of rotatable bonds is 0. The van der Waals surface area contributed by atoms with Crippen LogP contribution in [0.5, 0.6) is 5.75 Å². The molecule has 0 spiro atoms. The van der Waals surface area contributed by atoms with E-state index in [9.17, 15) is 0 Å². The number of hydrogen-bond donors (Lipinski definition) is 0. The Balaban J connectivity index is 2.52. The molecule has 3 radical (unpaired) electrons. The van der Waals surface area contributed by atoms with Crippen molar-refractivity contribution < 1.29 is 4.74 Å². The molecule has 1 nitrogen and oxygen atoms in total. The fraction of sp³-hybridized carbons (Fsp3) is 0.250. The van der Waals surface area contributed by atoms with E-state index in [1.54, 1.807) is 0 Å². The summed E-state index contributed by atoms with van der Waals surface area (Å²) in [4.78, 5) is 0. The zero-order chi connectivity index (χ0) is 6.97. The second kappa shape index (κ2) is 2.46. The van der Waals surface area contributed by atoms with E-state index in [1.807, 2.05) is 0 Å². The SMILES string of the molecule is [Sn][c]1ccc2c(c1)CCO2. The molecule has 1 aliphatic rings. The van der Waals surface area contributed by atoms with Crippen molar-refractivity contribution in [1.29, 1.82) is 0 Å². The average Bonchev–Trinajstić information content (AvgIpc) is 2.33. The van der Waals surface area contributed by atoms with Gasteiger partial charge in [0.1, 0.15) is 0 Å². The van der Waals surface area contributed by atoms with Crippen LogP contribution in [-0.2, 0) is 6.42 Å². The molecular formula is C8H7OSn. The summed E-state index contributed by atoms with van der Waals surface area (Å²) >= 11 is 1.49. The van der Waals surface area contributed by atoms with Crippen molar-refractivity contribution in [2.45, 2.75) is 6.42 Å². The number of fused-ring (bicyclic) bond motifs is 1. The number of hydrogen-bond acceptors (Lipinski definition) is 1. The van der Waals surface area contributed by atoms with E-state index in [2.05, 4.69) is 18.2 Å². The minimum absolute atomic E-state index is 0.870. The molecule has 0 N–H and O–H groups in total. The van der Waals surface area contributed by atoms with Crippen molar-refractivity contribution in [3.05, 3.63) is 23.8 Å². The molecule has 0 saturated carbocycles. The van der Waals surface area contributed by atoms with Gasteiger partial charge in [0.05, 0.1) is 0 Å². The van der Waals surface area contributed by atoms with Crippen molar-refractivity contribution in [1.82, 2.24) is 0 Å². The van der Waals surface area contributed by atoms with Gasteiger partial charge in [-0.3, -0.25) is 0 Å². The second-order valence-corrected chi connectivity index (χ2v) is 4.07. The predicted octanol–water partition coefficient (Wildman–Crippen LogP) is 0.415. The Morgan fingerprint density at radius 2 is 2.30 bits per heavy atom. The Labute approximate surface area is 73.5 Å². The first-order valence-electron chi connectivity index (χ1n) is 3.33. The van der Waals surface area contributed by atoms with Gasteiger partial charge in [0.25, 0.3) is 0 Å². The molecule has 0 aromatic heterocycles. The fourth-order valence-electron chi connectivity index (χ4n) is 1.19. The molecular weight excluding hydrogens is 231 g/mol. The molecule has 0 aliphatic carbocycles. The summed E-state index contributed by atoms with van der Waals surface area (Å²) in [5.74, 6) is 1.09. The van der Waals surface area contributed by atoms with E-state index in [0.717, 1.165) is 18.8 Å².